The van der Waals surface area contributed by atoms with E-state index in [1.807, 2.05) is 0 Å². The zero-order valence-electron chi connectivity index (χ0n) is 13.6. The summed E-state index contributed by atoms with van der Waals surface area (Å²) in [4.78, 5) is 37.6. The second kappa shape index (κ2) is 7.57. The van der Waals surface area contributed by atoms with Crippen molar-refractivity contribution in [3.8, 4) is 0 Å². The minimum atomic E-state index is -0.641. The van der Waals surface area contributed by atoms with Crippen LogP contribution in [0, 0.1) is 0 Å². The number of amides is 1. The van der Waals surface area contributed by atoms with Gasteiger partial charge in [0.05, 0.1) is 0 Å². The molecule has 1 aliphatic heterocycles. The number of unbranched alkanes of at least 4 members (excludes halogenated alkanes) is 2. The fourth-order valence-corrected chi connectivity index (χ4v) is 2.37. The number of piperidine rings is 1. The van der Waals surface area contributed by atoms with Crippen molar-refractivity contribution in [2.75, 3.05) is 6.54 Å². The lowest BCUT2D eigenvalue weighted by Crippen LogP contribution is -2.51. The van der Waals surface area contributed by atoms with Crippen molar-refractivity contribution in [1.29, 1.82) is 0 Å². The van der Waals surface area contributed by atoms with Crippen LogP contribution < -0.4 is 0 Å². The van der Waals surface area contributed by atoms with Crippen LogP contribution in [0.15, 0.2) is 0 Å². The van der Waals surface area contributed by atoms with Gasteiger partial charge < -0.3 is 4.74 Å². The van der Waals surface area contributed by atoms with Crippen molar-refractivity contribution >= 4 is 17.7 Å². The number of ketones is 2. The zero-order chi connectivity index (χ0) is 16.0. The Morgan fingerprint density at radius 2 is 1.95 bits per heavy atom. The predicted molar refractivity (Wildman–Crippen MR) is 80.1 cm³/mol. The SMILES string of the molecule is CCCCCC(=O)C1CC(=O)CCN1C(=O)OC(C)(C)C. The van der Waals surface area contributed by atoms with Gasteiger partial charge in [0.15, 0.2) is 5.78 Å². The second-order valence-electron chi connectivity index (χ2n) is 6.61. The minimum Gasteiger partial charge on any atom is -0.444 e. The predicted octanol–water partition coefficient (Wildman–Crippen LogP) is 3.10. The molecule has 5 heteroatoms. The van der Waals surface area contributed by atoms with E-state index in [2.05, 4.69) is 6.92 Å². The fraction of sp³-hybridized carbons (Fsp3) is 0.812. The average Bonchev–Trinajstić information content (AvgIpc) is 2.36. The molecular formula is C16H27NO4. The Morgan fingerprint density at radius 3 is 2.52 bits per heavy atom. The van der Waals surface area contributed by atoms with Gasteiger partial charge in [0.1, 0.15) is 17.4 Å². The molecule has 1 fully saturated rings. The van der Waals surface area contributed by atoms with Crippen LogP contribution >= 0.6 is 0 Å². The Labute approximate surface area is 127 Å². The van der Waals surface area contributed by atoms with E-state index in [1.165, 1.54) is 4.90 Å². The summed E-state index contributed by atoms with van der Waals surface area (Å²) in [5, 5.41) is 0. The van der Waals surface area contributed by atoms with Crippen molar-refractivity contribution in [3.63, 3.8) is 0 Å². The second-order valence-corrected chi connectivity index (χ2v) is 6.61. The van der Waals surface area contributed by atoms with E-state index in [0.29, 0.717) is 12.8 Å². The van der Waals surface area contributed by atoms with Crippen molar-refractivity contribution in [3.05, 3.63) is 0 Å². The number of hydrogen-bond donors (Lipinski definition) is 0. The molecule has 1 heterocycles. The number of rotatable bonds is 5. The molecule has 5 nitrogen and oxygen atoms in total. The monoisotopic (exact) mass is 297 g/mol. The molecule has 1 amide bonds. The number of carbonyl (C=O) groups is 3. The molecule has 1 aliphatic rings. The molecule has 1 atom stereocenters. The Kier molecular flexibility index (Phi) is 6.37. The number of hydrogen-bond acceptors (Lipinski definition) is 4. The van der Waals surface area contributed by atoms with Crippen LogP contribution in [-0.2, 0) is 14.3 Å². The summed E-state index contributed by atoms with van der Waals surface area (Å²) in [6.45, 7) is 7.72. The lowest BCUT2D eigenvalue weighted by atomic mass is 9.95. The van der Waals surface area contributed by atoms with Gasteiger partial charge in [0.25, 0.3) is 0 Å². The minimum absolute atomic E-state index is 0.0256. The standard InChI is InChI=1S/C16H27NO4/c1-5-6-7-8-14(19)13-11-12(18)9-10-17(13)15(20)21-16(2,3)4/h13H,5-11H2,1-4H3. The molecule has 0 spiro atoms. The first-order valence-corrected chi connectivity index (χ1v) is 7.78. The smallest absolute Gasteiger partial charge is 0.410 e. The summed E-state index contributed by atoms with van der Waals surface area (Å²) in [6.07, 6.45) is 3.19. The number of carbonyl (C=O) groups excluding carboxylic acids is 3. The highest BCUT2D eigenvalue weighted by Crippen LogP contribution is 2.21. The van der Waals surface area contributed by atoms with Crippen LogP contribution in [0.25, 0.3) is 0 Å². The van der Waals surface area contributed by atoms with E-state index in [-0.39, 0.29) is 24.5 Å². The summed E-state index contributed by atoms with van der Waals surface area (Å²) in [5.74, 6) is 0.0195. The third kappa shape index (κ3) is 5.86. The molecule has 0 aromatic rings. The number of nitrogens with zero attached hydrogens (tertiary/aromatic N) is 1. The Balaban J connectivity index is 2.72. The molecule has 21 heavy (non-hydrogen) atoms. The van der Waals surface area contributed by atoms with E-state index in [9.17, 15) is 14.4 Å². The van der Waals surface area contributed by atoms with Crippen molar-refractivity contribution in [1.82, 2.24) is 4.90 Å². The van der Waals surface area contributed by atoms with Crippen LogP contribution in [0.5, 0.6) is 0 Å². The van der Waals surface area contributed by atoms with E-state index >= 15 is 0 Å². The van der Waals surface area contributed by atoms with Crippen LogP contribution in [0.1, 0.15) is 66.2 Å². The summed E-state index contributed by atoms with van der Waals surface area (Å²) < 4.78 is 5.34. The van der Waals surface area contributed by atoms with Gasteiger partial charge in [-0.05, 0) is 27.2 Å². The lowest BCUT2D eigenvalue weighted by molar-refractivity contribution is -0.132. The van der Waals surface area contributed by atoms with Crippen LogP contribution in [0.2, 0.25) is 0 Å². The Hall–Kier alpha value is -1.39. The molecule has 0 aromatic carbocycles. The van der Waals surface area contributed by atoms with Gasteiger partial charge >= 0.3 is 6.09 Å². The van der Waals surface area contributed by atoms with E-state index in [4.69, 9.17) is 4.74 Å². The number of ether oxygens (including phenoxy) is 1. The maximum atomic E-state index is 12.3. The van der Waals surface area contributed by atoms with E-state index < -0.39 is 17.7 Å². The molecule has 0 saturated carbocycles. The summed E-state index contributed by atoms with van der Waals surface area (Å²) >= 11 is 0. The van der Waals surface area contributed by atoms with E-state index in [0.717, 1.165) is 19.3 Å². The van der Waals surface area contributed by atoms with Gasteiger partial charge in [0.2, 0.25) is 0 Å². The molecule has 0 aliphatic carbocycles. The maximum absolute atomic E-state index is 12.3. The van der Waals surface area contributed by atoms with Gasteiger partial charge in [-0.3, -0.25) is 14.5 Å². The maximum Gasteiger partial charge on any atom is 0.410 e. The summed E-state index contributed by atoms with van der Waals surface area (Å²) in [7, 11) is 0. The fourth-order valence-electron chi connectivity index (χ4n) is 2.37. The lowest BCUT2D eigenvalue weighted by Gasteiger charge is -2.35. The Morgan fingerprint density at radius 1 is 1.29 bits per heavy atom. The molecule has 1 rings (SSSR count). The molecule has 0 radical (unpaired) electrons. The zero-order valence-corrected chi connectivity index (χ0v) is 13.6. The van der Waals surface area contributed by atoms with Gasteiger partial charge in [-0.2, -0.15) is 0 Å². The average molecular weight is 297 g/mol. The van der Waals surface area contributed by atoms with Gasteiger partial charge in [-0.25, -0.2) is 4.79 Å². The first-order chi connectivity index (χ1) is 9.74. The Bertz CT molecular complexity index is 398. The third-order valence-corrected chi connectivity index (χ3v) is 3.46. The van der Waals surface area contributed by atoms with Gasteiger partial charge in [-0.15, -0.1) is 0 Å². The van der Waals surface area contributed by atoms with Gasteiger partial charge in [0, 0.05) is 25.8 Å². The topological polar surface area (TPSA) is 63.7 Å². The number of Topliss-reactive ketones (excluding diaryl/α,β-unsaturated/α-hetero) is 2. The normalized spacial score (nSPS) is 19.5. The number of likely N-dealkylation sites (tertiary alicyclic amines) is 1. The largest absolute Gasteiger partial charge is 0.444 e. The first kappa shape index (κ1) is 17.7. The van der Waals surface area contributed by atoms with Crippen LogP contribution in [0.4, 0.5) is 4.79 Å². The van der Waals surface area contributed by atoms with Crippen molar-refractivity contribution in [2.24, 2.45) is 0 Å². The quantitative estimate of drug-likeness (QED) is 0.731. The van der Waals surface area contributed by atoms with Crippen LogP contribution in [0.3, 0.4) is 0 Å². The van der Waals surface area contributed by atoms with Crippen molar-refractivity contribution < 1.29 is 19.1 Å². The first-order valence-electron chi connectivity index (χ1n) is 7.78. The molecular weight excluding hydrogens is 270 g/mol. The van der Waals surface area contributed by atoms with Crippen molar-refractivity contribution in [2.45, 2.75) is 77.9 Å². The summed E-state index contributed by atoms with van der Waals surface area (Å²) in [5.41, 5.74) is -0.603. The molecule has 1 saturated heterocycles. The van der Waals surface area contributed by atoms with Gasteiger partial charge in [-0.1, -0.05) is 19.8 Å². The molecule has 0 aromatic heterocycles. The third-order valence-electron chi connectivity index (χ3n) is 3.46. The van der Waals surface area contributed by atoms with E-state index in [1.54, 1.807) is 20.8 Å². The molecule has 0 bridgehead atoms. The molecule has 0 N–H and O–H groups in total. The highest BCUT2D eigenvalue weighted by Gasteiger charge is 2.37. The molecule has 1 unspecified atom stereocenters. The highest BCUT2D eigenvalue weighted by molar-refractivity contribution is 5.94. The molecule has 120 valence electrons. The summed E-state index contributed by atoms with van der Waals surface area (Å²) in [6, 6.07) is -0.641. The highest BCUT2D eigenvalue weighted by atomic mass is 16.6. The van der Waals surface area contributed by atoms with Crippen LogP contribution in [-0.4, -0.2) is 40.7 Å².